The average Bonchev–Trinajstić information content (AvgIpc) is 2.47. The monoisotopic (exact) mass is 346 g/mol. The van der Waals surface area contributed by atoms with E-state index in [1.54, 1.807) is 12.1 Å². The van der Waals surface area contributed by atoms with E-state index in [0.717, 1.165) is 0 Å². The summed E-state index contributed by atoms with van der Waals surface area (Å²) in [5.74, 6) is -0.562. The molecule has 1 atom stereocenters. The third-order valence-corrected chi connectivity index (χ3v) is 4.72. The second kappa shape index (κ2) is 8.67. The van der Waals surface area contributed by atoms with E-state index in [1.807, 2.05) is 13.8 Å². The first-order valence-electron chi connectivity index (χ1n) is 6.83. The summed E-state index contributed by atoms with van der Waals surface area (Å²) in [7, 11) is 0. The standard InChI is InChI=1S/C15H22O5S2/c1-15(2,14(21)22)12(19-7-6-16)9-20-11-5-3-4-10(8-11)13(17)18/h3-5,8,12,14,16,21-22H,6-7,9H2,1-2H3,(H,17,18). The molecule has 0 fully saturated rings. The van der Waals surface area contributed by atoms with Gasteiger partial charge in [0.15, 0.2) is 0 Å². The molecule has 124 valence electrons. The van der Waals surface area contributed by atoms with Crippen LogP contribution in [0.4, 0.5) is 0 Å². The molecule has 0 heterocycles. The molecule has 0 aliphatic rings. The number of ether oxygens (including phenoxy) is 2. The smallest absolute Gasteiger partial charge is 0.335 e. The lowest BCUT2D eigenvalue weighted by Gasteiger charge is -2.36. The molecule has 0 aromatic heterocycles. The van der Waals surface area contributed by atoms with Gasteiger partial charge in [-0.3, -0.25) is 0 Å². The molecule has 0 amide bonds. The van der Waals surface area contributed by atoms with E-state index in [2.05, 4.69) is 25.3 Å². The number of hydrogen-bond donors (Lipinski definition) is 4. The molecule has 0 radical (unpaired) electrons. The zero-order valence-corrected chi connectivity index (χ0v) is 14.4. The number of hydrogen-bond acceptors (Lipinski definition) is 6. The van der Waals surface area contributed by atoms with Crippen LogP contribution in [0.2, 0.25) is 0 Å². The minimum Gasteiger partial charge on any atom is -0.491 e. The maximum Gasteiger partial charge on any atom is 0.335 e. The van der Waals surface area contributed by atoms with Crippen LogP contribution in [-0.2, 0) is 4.74 Å². The molecule has 1 aromatic rings. The highest BCUT2D eigenvalue weighted by molar-refractivity contribution is 7.99. The van der Waals surface area contributed by atoms with E-state index >= 15 is 0 Å². The molecule has 2 N–H and O–H groups in total. The summed E-state index contributed by atoms with van der Waals surface area (Å²) in [6.07, 6.45) is -0.354. The number of rotatable bonds is 9. The molecular weight excluding hydrogens is 324 g/mol. The highest BCUT2D eigenvalue weighted by Gasteiger charge is 2.35. The first-order valence-corrected chi connectivity index (χ1v) is 7.87. The quantitative estimate of drug-likeness (QED) is 0.408. The van der Waals surface area contributed by atoms with Crippen LogP contribution in [0.5, 0.6) is 5.75 Å². The van der Waals surface area contributed by atoms with Crippen LogP contribution in [-0.4, -0.2) is 46.7 Å². The van der Waals surface area contributed by atoms with Gasteiger partial charge in [0.25, 0.3) is 0 Å². The van der Waals surface area contributed by atoms with Gasteiger partial charge in [-0.25, -0.2) is 4.79 Å². The lowest BCUT2D eigenvalue weighted by molar-refractivity contribution is -0.0544. The summed E-state index contributed by atoms with van der Waals surface area (Å²) >= 11 is 8.70. The molecule has 1 rings (SSSR count). The van der Waals surface area contributed by atoms with Crippen molar-refractivity contribution in [3.8, 4) is 5.75 Å². The number of benzene rings is 1. The van der Waals surface area contributed by atoms with E-state index in [9.17, 15) is 4.79 Å². The third kappa shape index (κ3) is 5.39. The van der Waals surface area contributed by atoms with Crippen LogP contribution in [0.3, 0.4) is 0 Å². The van der Waals surface area contributed by atoms with Gasteiger partial charge in [0.05, 0.1) is 29.5 Å². The second-order valence-electron chi connectivity index (χ2n) is 5.42. The van der Waals surface area contributed by atoms with Gasteiger partial charge in [0, 0.05) is 5.41 Å². The van der Waals surface area contributed by atoms with Gasteiger partial charge in [-0.1, -0.05) is 19.9 Å². The first kappa shape index (κ1) is 19.2. The lowest BCUT2D eigenvalue weighted by Crippen LogP contribution is -2.42. The molecule has 5 nitrogen and oxygen atoms in total. The Kier molecular flexibility index (Phi) is 7.55. The normalized spacial score (nSPS) is 13.2. The zero-order chi connectivity index (χ0) is 16.8. The Morgan fingerprint density at radius 1 is 1.36 bits per heavy atom. The lowest BCUT2D eigenvalue weighted by atomic mass is 9.88. The molecule has 7 heteroatoms. The summed E-state index contributed by atoms with van der Waals surface area (Å²) in [6.45, 7) is 4.17. The van der Waals surface area contributed by atoms with Crippen molar-refractivity contribution >= 4 is 31.2 Å². The van der Waals surface area contributed by atoms with Crippen LogP contribution >= 0.6 is 25.3 Å². The number of aromatic carboxylic acids is 1. The minimum atomic E-state index is -1.01. The second-order valence-corrected chi connectivity index (χ2v) is 6.86. The Labute approximate surface area is 141 Å². The molecule has 1 aromatic carbocycles. The van der Waals surface area contributed by atoms with Gasteiger partial charge >= 0.3 is 5.97 Å². The Hall–Kier alpha value is -0.890. The molecule has 0 aliphatic heterocycles. The van der Waals surface area contributed by atoms with E-state index in [-0.39, 0.29) is 36.1 Å². The van der Waals surface area contributed by atoms with Gasteiger partial charge in [-0.05, 0) is 18.2 Å². The van der Waals surface area contributed by atoms with Gasteiger partial charge < -0.3 is 19.7 Å². The fraction of sp³-hybridized carbons (Fsp3) is 0.533. The Morgan fingerprint density at radius 3 is 2.59 bits per heavy atom. The fourth-order valence-corrected chi connectivity index (χ4v) is 2.06. The number of aliphatic hydroxyl groups excluding tert-OH is 1. The summed E-state index contributed by atoms with van der Waals surface area (Å²) in [6, 6.07) is 6.25. The van der Waals surface area contributed by atoms with Gasteiger partial charge in [0.2, 0.25) is 0 Å². The number of aliphatic hydroxyl groups is 1. The number of carboxylic acids is 1. The predicted octanol–water partition coefficient (Wildman–Crippen LogP) is 2.35. The maximum atomic E-state index is 11.0. The topological polar surface area (TPSA) is 76.0 Å². The van der Waals surface area contributed by atoms with E-state index in [4.69, 9.17) is 19.7 Å². The van der Waals surface area contributed by atoms with Crippen LogP contribution in [0.25, 0.3) is 0 Å². The molecule has 1 unspecified atom stereocenters. The van der Waals surface area contributed by atoms with Crippen LogP contribution in [0.1, 0.15) is 24.2 Å². The maximum absolute atomic E-state index is 11.0. The van der Waals surface area contributed by atoms with Crippen molar-refractivity contribution in [3.05, 3.63) is 29.8 Å². The van der Waals surface area contributed by atoms with Crippen molar-refractivity contribution in [2.45, 2.75) is 24.5 Å². The van der Waals surface area contributed by atoms with Crippen LogP contribution < -0.4 is 4.74 Å². The SMILES string of the molecule is CC(C)(C(S)S)C(COc1cccc(C(=O)O)c1)OCCO. The van der Waals surface area contributed by atoms with Crippen LogP contribution in [0, 0.1) is 5.41 Å². The minimum absolute atomic E-state index is 0.0924. The highest BCUT2D eigenvalue weighted by Crippen LogP contribution is 2.34. The zero-order valence-electron chi connectivity index (χ0n) is 12.6. The highest BCUT2D eigenvalue weighted by atomic mass is 32.2. The van der Waals surface area contributed by atoms with Crippen molar-refractivity contribution in [2.75, 3.05) is 19.8 Å². The summed E-state index contributed by atoms with van der Waals surface area (Å²) in [5, 5.41) is 17.9. The van der Waals surface area contributed by atoms with Crippen molar-refractivity contribution in [3.63, 3.8) is 0 Å². The molecule has 22 heavy (non-hydrogen) atoms. The largest absolute Gasteiger partial charge is 0.491 e. The summed E-state index contributed by atoms with van der Waals surface area (Å²) in [5.41, 5.74) is -0.253. The summed E-state index contributed by atoms with van der Waals surface area (Å²) in [4.78, 5) is 11.0. The van der Waals surface area contributed by atoms with Gasteiger partial charge in [-0.15, -0.1) is 0 Å². The van der Waals surface area contributed by atoms with E-state index < -0.39 is 11.4 Å². The van der Waals surface area contributed by atoms with Crippen molar-refractivity contribution in [1.29, 1.82) is 0 Å². The Morgan fingerprint density at radius 2 is 2.05 bits per heavy atom. The van der Waals surface area contributed by atoms with Gasteiger partial charge in [-0.2, -0.15) is 25.3 Å². The van der Waals surface area contributed by atoms with Crippen LogP contribution in [0.15, 0.2) is 24.3 Å². The third-order valence-electron chi connectivity index (χ3n) is 3.39. The molecular formula is C15H22O5S2. The average molecular weight is 346 g/mol. The predicted molar refractivity (Wildman–Crippen MR) is 91.3 cm³/mol. The van der Waals surface area contributed by atoms with Crippen molar-refractivity contribution in [2.24, 2.45) is 5.41 Å². The molecule has 0 bridgehead atoms. The molecule has 0 spiro atoms. The Bertz CT molecular complexity index is 491. The van der Waals surface area contributed by atoms with Crippen molar-refractivity contribution in [1.82, 2.24) is 0 Å². The van der Waals surface area contributed by atoms with E-state index in [0.29, 0.717) is 5.75 Å². The molecule has 0 saturated carbocycles. The Balaban J connectivity index is 2.78. The first-order chi connectivity index (χ1) is 10.3. The fourth-order valence-electron chi connectivity index (χ4n) is 1.73. The molecule has 0 saturated heterocycles. The number of thiol groups is 2. The van der Waals surface area contributed by atoms with E-state index in [1.165, 1.54) is 12.1 Å². The summed E-state index contributed by atoms with van der Waals surface area (Å²) < 4.78 is 11.0. The van der Waals surface area contributed by atoms with Crippen molar-refractivity contribution < 1.29 is 24.5 Å². The number of carboxylic acid groups (broad SMARTS) is 1. The molecule has 0 aliphatic carbocycles. The number of carbonyl (C=O) groups is 1. The van der Waals surface area contributed by atoms with Gasteiger partial charge in [0.1, 0.15) is 12.4 Å².